The fraction of sp³-hybridized carbons (Fsp3) is 0.786. The van der Waals surface area contributed by atoms with E-state index in [0.29, 0.717) is 0 Å². The lowest BCUT2D eigenvalue weighted by Gasteiger charge is -2.33. The molecular formula is C14H24N4S. The van der Waals surface area contributed by atoms with Gasteiger partial charge in [0.25, 0.3) is 0 Å². The van der Waals surface area contributed by atoms with Gasteiger partial charge in [-0.2, -0.15) is 0 Å². The van der Waals surface area contributed by atoms with Gasteiger partial charge >= 0.3 is 0 Å². The van der Waals surface area contributed by atoms with Gasteiger partial charge < -0.3 is 10.2 Å². The Bertz CT molecular complexity index is 394. The van der Waals surface area contributed by atoms with Gasteiger partial charge in [0.2, 0.25) is 0 Å². The molecule has 3 rings (SSSR count). The predicted molar refractivity (Wildman–Crippen MR) is 79.4 cm³/mol. The molecule has 0 radical (unpaired) electrons. The van der Waals surface area contributed by atoms with E-state index in [1.54, 1.807) is 11.3 Å². The summed E-state index contributed by atoms with van der Waals surface area (Å²) in [6.45, 7) is 10.2. The molecule has 1 aromatic heterocycles. The Morgan fingerprint density at radius 3 is 2.68 bits per heavy atom. The SMILES string of the molecule is CCN1CCN(Cc2csc(CNC3CC3)n2)CC1. The monoisotopic (exact) mass is 280 g/mol. The van der Waals surface area contributed by atoms with Gasteiger partial charge in [0.15, 0.2) is 0 Å². The minimum atomic E-state index is 0.773. The molecule has 1 aliphatic carbocycles. The van der Waals surface area contributed by atoms with E-state index >= 15 is 0 Å². The van der Waals surface area contributed by atoms with E-state index in [1.165, 1.54) is 56.3 Å². The second-order valence-corrected chi connectivity index (χ2v) is 6.54. The average molecular weight is 280 g/mol. The van der Waals surface area contributed by atoms with Crippen LogP contribution in [0.4, 0.5) is 0 Å². The number of likely N-dealkylation sites (N-methyl/N-ethyl adjacent to an activating group) is 1. The lowest BCUT2D eigenvalue weighted by Crippen LogP contribution is -2.45. The minimum Gasteiger partial charge on any atom is -0.308 e. The third-order valence-corrected chi connectivity index (χ3v) is 4.91. The number of nitrogens with one attached hydrogen (secondary N) is 1. The molecule has 2 aliphatic rings. The molecule has 1 saturated carbocycles. The average Bonchev–Trinajstić information content (AvgIpc) is 3.17. The highest BCUT2D eigenvalue weighted by Crippen LogP contribution is 2.20. The first-order valence-electron chi connectivity index (χ1n) is 7.45. The van der Waals surface area contributed by atoms with E-state index in [1.807, 2.05) is 0 Å². The second-order valence-electron chi connectivity index (χ2n) is 5.60. The van der Waals surface area contributed by atoms with Gasteiger partial charge in [-0.25, -0.2) is 4.98 Å². The fourth-order valence-electron chi connectivity index (χ4n) is 2.51. The summed E-state index contributed by atoms with van der Waals surface area (Å²) in [5, 5.41) is 7.01. The Morgan fingerprint density at radius 2 is 2.00 bits per heavy atom. The quantitative estimate of drug-likeness (QED) is 0.856. The zero-order valence-corrected chi connectivity index (χ0v) is 12.6. The van der Waals surface area contributed by atoms with Crippen molar-refractivity contribution in [1.82, 2.24) is 20.1 Å². The molecule has 2 fully saturated rings. The zero-order chi connectivity index (χ0) is 13.1. The Morgan fingerprint density at radius 1 is 1.26 bits per heavy atom. The van der Waals surface area contributed by atoms with Crippen LogP contribution < -0.4 is 5.32 Å². The highest BCUT2D eigenvalue weighted by molar-refractivity contribution is 7.09. The van der Waals surface area contributed by atoms with Gasteiger partial charge in [-0.05, 0) is 19.4 Å². The van der Waals surface area contributed by atoms with Crippen molar-refractivity contribution < 1.29 is 0 Å². The molecule has 4 nitrogen and oxygen atoms in total. The summed E-state index contributed by atoms with van der Waals surface area (Å²) in [4.78, 5) is 9.79. The van der Waals surface area contributed by atoms with Crippen molar-refractivity contribution in [2.45, 2.75) is 38.9 Å². The van der Waals surface area contributed by atoms with E-state index in [0.717, 1.165) is 19.1 Å². The molecule has 0 amide bonds. The summed E-state index contributed by atoms with van der Waals surface area (Å²) in [6.07, 6.45) is 2.69. The van der Waals surface area contributed by atoms with Crippen LogP contribution in [0.2, 0.25) is 0 Å². The van der Waals surface area contributed by atoms with Crippen molar-refractivity contribution in [2.75, 3.05) is 32.7 Å². The molecule has 0 aromatic carbocycles. The van der Waals surface area contributed by atoms with Gasteiger partial charge in [-0.15, -0.1) is 11.3 Å². The van der Waals surface area contributed by atoms with Crippen molar-refractivity contribution >= 4 is 11.3 Å². The van der Waals surface area contributed by atoms with E-state index in [9.17, 15) is 0 Å². The van der Waals surface area contributed by atoms with Crippen LogP contribution in [-0.2, 0) is 13.1 Å². The lowest BCUT2D eigenvalue weighted by molar-refractivity contribution is 0.131. The molecule has 0 spiro atoms. The Kier molecular flexibility index (Phi) is 4.48. The first kappa shape index (κ1) is 13.5. The topological polar surface area (TPSA) is 31.4 Å². The molecule has 0 bridgehead atoms. The van der Waals surface area contributed by atoms with Crippen molar-refractivity contribution in [2.24, 2.45) is 0 Å². The summed E-state index contributed by atoms with van der Waals surface area (Å²) >= 11 is 1.80. The summed E-state index contributed by atoms with van der Waals surface area (Å²) in [7, 11) is 0. The van der Waals surface area contributed by atoms with Crippen LogP contribution in [0.25, 0.3) is 0 Å². The van der Waals surface area contributed by atoms with Gasteiger partial charge in [-0.1, -0.05) is 6.92 Å². The molecule has 19 heavy (non-hydrogen) atoms. The van der Waals surface area contributed by atoms with E-state index < -0.39 is 0 Å². The molecular weight excluding hydrogens is 256 g/mol. The van der Waals surface area contributed by atoms with E-state index in [-0.39, 0.29) is 0 Å². The minimum absolute atomic E-state index is 0.773. The molecule has 1 aliphatic heterocycles. The van der Waals surface area contributed by atoms with Crippen molar-refractivity contribution in [3.8, 4) is 0 Å². The van der Waals surface area contributed by atoms with E-state index in [2.05, 4.69) is 27.4 Å². The highest BCUT2D eigenvalue weighted by atomic mass is 32.1. The maximum Gasteiger partial charge on any atom is 0.107 e. The van der Waals surface area contributed by atoms with Crippen LogP contribution in [0.5, 0.6) is 0 Å². The third-order valence-electron chi connectivity index (χ3n) is 4.02. The smallest absolute Gasteiger partial charge is 0.107 e. The van der Waals surface area contributed by atoms with Gasteiger partial charge in [-0.3, -0.25) is 4.90 Å². The first-order valence-corrected chi connectivity index (χ1v) is 8.33. The standard InChI is InChI=1S/C14H24N4S/c1-2-17-5-7-18(8-6-17)10-13-11-19-14(16-13)9-15-12-3-4-12/h11-12,15H,2-10H2,1H3. The Balaban J connectivity index is 1.44. The Hall–Kier alpha value is -0.490. The summed E-state index contributed by atoms with van der Waals surface area (Å²) in [5.41, 5.74) is 1.25. The summed E-state index contributed by atoms with van der Waals surface area (Å²) in [6, 6.07) is 0.773. The van der Waals surface area contributed by atoms with Crippen LogP contribution in [-0.4, -0.2) is 53.5 Å². The van der Waals surface area contributed by atoms with Crippen LogP contribution in [0.1, 0.15) is 30.5 Å². The molecule has 2 heterocycles. The molecule has 0 atom stereocenters. The largest absolute Gasteiger partial charge is 0.308 e. The van der Waals surface area contributed by atoms with Crippen molar-refractivity contribution in [1.29, 1.82) is 0 Å². The number of rotatable bonds is 6. The van der Waals surface area contributed by atoms with Crippen LogP contribution in [0.3, 0.4) is 0 Å². The van der Waals surface area contributed by atoms with Gasteiger partial charge in [0.1, 0.15) is 5.01 Å². The predicted octanol–water partition coefficient (Wildman–Crippen LogP) is 1.53. The number of hydrogen-bond acceptors (Lipinski definition) is 5. The summed E-state index contributed by atoms with van der Waals surface area (Å²) < 4.78 is 0. The number of piperazine rings is 1. The highest BCUT2D eigenvalue weighted by Gasteiger charge is 2.21. The third kappa shape index (κ3) is 3.99. The number of thiazole rings is 1. The second kappa shape index (κ2) is 6.31. The van der Waals surface area contributed by atoms with Crippen molar-refractivity contribution in [3.63, 3.8) is 0 Å². The molecule has 1 N–H and O–H groups in total. The van der Waals surface area contributed by atoms with Crippen LogP contribution >= 0.6 is 11.3 Å². The number of aromatic nitrogens is 1. The zero-order valence-electron chi connectivity index (χ0n) is 11.8. The van der Waals surface area contributed by atoms with Crippen LogP contribution in [0.15, 0.2) is 5.38 Å². The molecule has 0 unspecified atom stereocenters. The lowest BCUT2D eigenvalue weighted by atomic mass is 10.3. The number of hydrogen-bond donors (Lipinski definition) is 1. The fourth-order valence-corrected chi connectivity index (χ4v) is 3.25. The normalized spacial score (nSPS) is 21.9. The van der Waals surface area contributed by atoms with Gasteiger partial charge in [0.05, 0.1) is 5.69 Å². The first-order chi connectivity index (χ1) is 9.33. The van der Waals surface area contributed by atoms with Gasteiger partial charge in [0, 0.05) is 50.7 Å². The molecule has 1 aromatic rings. The Labute approximate surface area is 119 Å². The summed E-state index contributed by atoms with van der Waals surface area (Å²) in [5.74, 6) is 0. The van der Waals surface area contributed by atoms with Crippen LogP contribution in [0, 0.1) is 0 Å². The molecule has 1 saturated heterocycles. The maximum absolute atomic E-state index is 4.74. The molecule has 106 valence electrons. The number of nitrogens with zero attached hydrogens (tertiary/aromatic N) is 3. The van der Waals surface area contributed by atoms with E-state index in [4.69, 9.17) is 4.98 Å². The molecule has 5 heteroatoms. The van der Waals surface area contributed by atoms with Crippen molar-refractivity contribution in [3.05, 3.63) is 16.1 Å². The maximum atomic E-state index is 4.74.